The minimum absolute atomic E-state index is 0.0177. The number of nitrogens with zero attached hydrogens (tertiary/aromatic N) is 4. The fourth-order valence-electron chi connectivity index (χ4n) is 3.26. The maximum absolute atomic E-state index is 14.1. The average Bonchev–Trinajstić information content (AvgIpc) is 2.71. The zero-order valence-corrected chi connectivity index (χ0v) is 17.2. The molecule has 2 aromatic heterocycles. The normalized spacial score (nSPS) is 20.9. The van der Waals surface area contributed by atoms with E-state index in [0.29, 0.717) is 17.7 Å². The van der Waals surface area contributed by atoms with E-state index in [4.69, 9.17) is 11.0 Å². The number of aromatic nitrogens is 2. The van der Waals surface area contributed by atoms with Gasteiger partial charge in [0.2, 0.25) is 0 Å². The quantitative estimate of drug-likeness (QED) is 0.646. The molecule has 0 saturated carbocycles. The predicted molar refractivity (Wildman–Crippen MR) is 108 cm³/mol. The van der Waals surface area contributed by atoms with Gasteiger partial charge >= 0.3 is 6.61 Å². The summed E-state index contributed by atoms with van der Waals surface area (Å²) in [5.74, 6) is -1.43. The molecule has 2 aromatic rings. The highest BCUT2D eigenvalue weighted by Crippen LogP contribution is 2.38. The number of nitriles is 1. The number of aliphatic imine (C=N–C) groups is 1. The van der Waals surface area contributed by atoms with Crippen molar-refractivity contribution in [3.05, 3.63) is 58.9 Å². The third kappa shape index (κ3) is 5.59. The van der Waals surface area contributed by atoms with E-state index in [9.17, 15) is 18.0 Å². The number of carbonyl (C=O) groups is 1. The Hall–Kier alpha value is -2.97. The lowest BCUT2D eigenvalue weighted by Crippen LogP contribution is -2.36. The summed E-state index contributed by atoms with van der Waals surface area (Å²) in [6.07, 6.45) is 2.83. The second kappa shape index (κ2) is 9.45. The molecule has 0 unspecified atom stereocenters. The van der Waals surface area contributed by atoms with Gasteiger partial charge < -0.3 is 10.5 Å². The van der Waals surface area contributed by atoms with E-state index in [2.05, 4.69) is 19.7 Å². The van der Waals surface area contributed by atoms with Crippen molar-refractivity contribution in [3.8, 4) is 6.07 Å². The number of thioether (sulfide) groups is 1. The molecule has 0 saturated heterocycles. The van der Waals surface area contributed by atoms with Gasteiger partial charge in [0.25, 0.3) is 0 Å². The topological polar surface area (TPSA) is 114 Å². The second-order valence-corrected chi connectivity index (χ2v) is 8.40. The molecule has 11 heteroatoms. The SMILES string of the molecule is C[C@@]1(c2cc(CC(=O)c3ncc(C#N)cc3F)ccn2)C[C@@H](COC(F)F)SC(N)=N1. The summed E-state index contributed by atoms with van der Waals surface area (Å²) in [6.45, 7) is -1.31. The fourth-order valence-corrected chi connectivity index (χ4v) is 4.41. The molecule has 0 amide bonds. The Bertz CT molecular complexity index is 1060. The number of halogens is 3. The summed E-state index contributed by atoms with van der Waals surface area (Å²) in [5.41, 5.74) is 5.70. The van der Waals surface area contributed by atoms with Crippen LogP contribution < -0.4 is 5.73 Å². The Labute approximate surface area is 180 Å². The molecule has 7 nitrogen and oxygen atoms in total. The van der Waals surface area contributed by atoms with Crippen LogP contribution in [0.15, 0.2) is 35.6 Å². The van der Waals surface area contributed by atoms with E-state index in [1.165, 1.54) is 6.20 Å². The Morgan fingerprint density at radius 2 is 2.23 bits per heavy atom. The minimum atomic E-state index is -2.88. The standard InChI is InChI=1S/C20H18F3N5O2S/c1-20(7-13(10-30-18(22)23)31-19(25)28-20)16-6-11(2-3-26-16)5-15(29)17-14(21)4-12(8-24)9-27-17/h2-4,6,9,13,18H,5,7,10H2,1H3,(H2,25,28)/t13-,20-/m0/s1. The Kier molecular flexibility index (Phi) is 6.92. The first-order valence-electron chi connectivity index (χ1n) is 9.16. The fraction of sp³-hybridized carbons (Fsp3) is 0.350. The number of Topliss-reactive ketones (excluding diaryl/α,β-unsaturated/α-hetero) is 1. The van der Waals surface area contributed by atoms with E-state index in [1.54, 1.807) is 25.1 Å². The number of nitrogens with two attached hydrogens (primary N) is 1. The van der Waals surface area contributed by atoms with Crippen molar-refractivity contribution in [1.82, 2.24) is 9.97 Å². The highest BCUT2D eigenvalue weighted by molar-refractivity contribution is 8.14. The van der Waals surface area contributed by atoms with Gasteiger partial charge in [0, 0.05) is 24.1 Å². The molecule has 1 aliphatic heterocycles. The van der Waals surface area contributed by atoms with Crippen LogP contribution >= 0.6 is 11.8 Å². The lowest BCUT2D eigenvalue weighted by Gasteiger charge is -2.33. The number of hydrogen-bond acceptors (Lipinski definition) is 8. The molecule has 0 fully saturated rings. The zero-order valence-electron chi connectivity index (χ0n) is 16.4. The molecule has 0 aromatic carbocycles. The van der Waals surface area contributed by atoms with Gasteiger partial charge in [0.15, 0.2) is 16.8 Å². The van der Waals surface area contributed by atoms with Crippen LogP contribution in [0.3, 0.4) is 0 Å². The summed E-state index contributed by atoms with van der Waals surface area (Å²) < 4.78 is 43.3. The number of ketones is 1. The summed E-state index contributed by atoms with van der Waals surface area (Å²) in [5, 5.41) is 8.67. The van der Waals surface area contributed by atoms with Gasteiger partial charge in [-0.15, -0.1) is 0 Å². The highest BCUT2D eigenvalue weighted by atomic mass is 32.2. The summed E-state index contributed by atoms with van der Waals surface area (Å²) >= 11 is 1.16. The number of carbonyl (C=O) groups excluding carboxylic acids is 1. The third-order valence-corrected chi connectivity index (χ3v) is 5.62. The monoisotopic (exact) mass is 449 g/mol. The van der Waals surface area contributed by atoms with Crippen molar-refractivity contribution in [3.63, 3.8) is 0 Å². The lowest BCUT2D eigenvalue weighted by atomic mass is 9.90. The predicted octanol–water partition coefficient (Wildman–Crippen LogP) is 3.19. The summed E-state index contributed by atoms with van der Waals surface area (Å²) in [6, 6.07) is 5.97. The van der Waals surface area contributed by atoms with Crippen LogP contribution in [0, 0.1) is 17.1 Å². The van der Waals surface area contributed by atoms with E-state index >= 15 is 0 Å². The van der Waals surface area contributed by atoms with E-state index in [1.807, 2.05) is 0 Å². The molecule has 0 radical (unpaired) electrons. The first-order chi connectivity index (χ1) is 14.7. The zero-order chi connectivity index (χ0) is 22.6. The van der Waals surface area contributed by atoms with Crippen molar-refractivity contribution in [1.29, 1.82) is 5.26 Å². The third-order valence-electron chi connectivity index (χ3n) is 4.65. The van der Waals surface area contributed by atoms with Crippen LogP contribution in [0.5, 0.6) is 0 Å². The van der Waals surface area contributed by atoms with Crippen LogP contribution in [-0.2, 0) is 16.7 Å². The number of hydrogen-bond donors (Lipinski definition) is 1. The van der Waals surface area contributed by atoms with E-state index in [-0.39, 0.29) is 34.7 Å². The first-order valence-corrected chi connectivity index (χ1v) is 10.0. The molecule has 2 N–H and O–H groups in total. The molecule has 0 aliphatic carbocycles. The van der Waals surface area contributed by atoms with Crippen LogP contribution in [0.2, 0.25) is 0 Å². The number of pyridine rings is 2. The van der Waals surface area contributed by atoms with Gasteiger partial charge in [-0.05, 0) is 37.1 Å². The second-order valence-electron chi connectivity index (χ2n) is 7.08. The molecule has 3 rings (SSSR count). The number of alkyl halides is 2. The van der Waals surface area contributed by atoms with Crippen molar-refractivity contribution in [2.45, 2.75) is 37.2 Å². The Morgan fingerprint density at radius 1 is 1.45 bits per heavy atom. The highest BCUT2D eigenvalue weighted by Gasteiger charge is 2.36. The lowest BCUT2D eigenvalue weighted by molar-refractivity contribution is -0.128. The van der Waals surface area contributed by atoms with Gasteiger partial charge in [-0.2, -0.15) is 14.0 Å². The van der Waals surface area contributed by atoms with Crippen LogP contribution in [-0.4, -0.2) is 39.4 Å². The summed E-state index contributed by atoms with van der Waals surface area (Å²) in [4.78, 5) is 25.0. The molecule has 2 atom stereocenters. The Morgan fingerprint density at radius 3 is 2.90 bits per heavy atom. The Balaban J connectivity index is 1.80. The van der Waals surface area contributed by atoms with Gasteiger partial charge in [-0.3, -0.25) is 9.78 Å². The van der Waals surface area contributed by atoms with Crippen LogP contribution in [0.25, 0.3) is 0 Å². The van der Waals surface area contributed by atoms with Crippen LogP contribution in [0.4, 0.5) is 13.2 Å². The van der Waals surface area contributed by atoms with E-state index in [0.717, 1.165) is 24.0 Å². The van der Waals surface area contributed by atoms with Gasteiger partial charge in [-0.25, -0.2) is 14.4 Å². The van der Waals surface area contributed by atoms with Crippen molar-refractivity contribution in [2.24, 2.45) is 10.7 Å². The molecule has 162 valence electrons. The molecule has 1 aliphatic rings. The molecule has 31 heavy (non-hydrogen) atoms. The maximum atomic E-state index is 14.1. The van der Waals surface area contributed by atoms with Gasteiger partial charge in [-0.1, -0.05) is 11.8 Å². The van der Waals surface area contributed by atoms with Crippen LogP contribution in [0.1, 0.15) is 40.7 Å². The maximum Gasteiger partial charge on any atom is 0.345 e. The number of amidine groups is 1. The van der Waals surface area contributed by atoms with Crippen molar-refractivity contribution < 1.29 is 22.7 Å². The van der Waals surface area contributed by atoms with Gasteiger partial charge in [0.1, 0.15) is 17.3 Å². The van der Waals surface area contributed by atoms with Crippen molar-refractivity contribution >= 4 is 22.7 Å². The molecule has 0 spiro atoms. The van der Waals surface area contributed by atoms with Gasteiger partial charge in [0.05, 0.1) is 17.9 Å². The number of rotatable bonds is 7. The minimum Gasteiger partial charge on any atom is -0.379 e. The molecular weight excluding hydrogens is 431 g/mol. The molecule has 0 bridgehead atoms. The smallest absolute Gasteiger partial charge is 0.345 e. The number of ether oxygens (including phenoxy) is 1. The summed E-state index contributed by atoms with van der Waals surface area (Å²) in [7, 11) is 0. The van der Waals surface area contributed by atoms with Crippen molar-refractivity contribution in [2.75, 3.05) is 6.61 Å². The molecular formula is C20H18F3N5O2S. The molecule has 3 heterocycles. The first kappa shape index (κ1) is 22.7. The largest absolute Gasteiger partial charge is 0.379 e. The average molecular weight is 449 g/mol. The van der Waals surface area contributed by atoms with E-state index < -0.39 is 23.8 Å².